The number of aromatic nitrogens is 4. The first-order valence-electron chi connectivity index (χ1n) is 7.56. The third-order valence-corrected chi connectivity index (χ3v) is 3.79. The zero-order chi connectivity index (χ0) is 16.9. The van der Waals surface area contributed by atoms with Crippen LogP contribution in [0.3, 0.4) is 0 Å². The number of benzene rings is 2. The van der Waals surface area contributed by atoms with Gasteiger partial charge in [-0.15, -0.1) is 5.10 Å². The summed E-state index contributed by atoms with van der Waals surface area (Å²) in [5.74, 6) is 0.481. The number of hydrogen-bond donors (Lipinski definition) is 1. The molecule has 1 heterocycles. The number of amides is 1. The van der Waals surface area contributed by atoms with E-state index in [9.17, 15) is 4.79 Å². The maximum Gasteiger partial charge on any atom is 0.251 e. The molecular weight excluding hydrogens is 326 g/mol. The van der Waals surface area contributed by atoms with Crippen molar-refractivity contribution in [3.8, 4) is 11.4 Å². The lowest BCUT2D eigenvalue weighted by Crippen LogP contribution is -2.22. The number of nitrogens with one attached hydrogen (secondary N) is 1. The van der Waals surface area contributed by atoms with Gasteiger partial charge in [-0.1, -0.05) is 35.9 Å². The van der Waals surface area contributed by atoms with Crippen molar-refractivity contribution in [2.45, 2.75) is 20.0 Å². The van der Waals surface area contributed by atoms with Crippen LogP contribution in [0.4, 0.5) is 0 Å². The molecule has 24 heavy (non-hydrogen) atoms. The van der Waals surface area contributed by atoms with Crippen molar-refractivity contribution in [3.63, 3.8) is 0 Å². The Kier molecular flexibility index (Phi) is 4.86. The summed E-state index contributed by atoms with van der Waals surface area (Å²) in [6.07, 6.45) is 0. The summed E-state index contributed by atoms with van der Waals surface area (Å²) in [6, 6.07) is 14.6. The summed E-state index contributed by atoms with van der Waals surface area (Å²) in [7, 11) is 0. The second kappa shape index (κ2) is 7.23. The summed E-state index contributed by atoms with van der Waals surface area (Å²) in [5, 5.41) is 15.1. The van der Waals surface area contributed by atoms with E-state index in [0.29, 0.717) is 29.5 Å². The molecule has 1 N–H and O–H groups in total. The van der Waals surface area contributed by atoms with Crippen LogP contribution in [0.2, 0.25) is 5.02 Å². The Labute approximate surface area is 144 Å². The van der Waals surface area contributed by atoms with Gasteiger partial charge in [0.05, 0.1) is 0 Å². The van der Waals surface area contributed by atoms with E-state index in [2.05, 4.69) is 20.8 Å². The van der Waals surface area contributed by atoms with Crippen molar-refractivity contribution in [2.24, 2.45) is 0 Å². The van der Waals surface area contributed by atoms with Crippen LogP contribution in [0.5, 0.6) is 0 Å². The fraction of sp³-hybridized carbons (Fsp3) is 0.176. The number of halogens is 1. The average Bonchev–Trinajstić information content (AvgIpc) is 3.08. The average molecular weight is 342 g/mol. The predicted molar refractivity (Wildman–Crippen MR) is 91.5 cm³/mol. The molecule has 0 spiro atoms. The van der Waals surface area contributed by atoms with E-state index in [1.165, 1.54) is 0 Å². The normalized spacial score (nSPS) is 10.6. The minimum absolute atomic E-state index is 0.160. The van der Waals surface area contributed by atoms with Gasteiger partial charge in [-0.2, -0.15) is 0 Å². The monoisotopic (exact) mass is 341 g/mol. The van der Waals surface area contributed by atoms with Gasteiger partial charge in [0.15, 0.2) is 5.82 Å². The molecule has 1 aromatic heterocycles. The Morgan fingerprint density at radius 2 is 2.04 bits per heavy atom. The standard InChI is InChI=1S/C17H16ClN5O/c1-2-23-16(20-21-22-23)13-6-4-7-14(10-13)17(24)19-11-12-5-3-8-15(18)9-12/h3-10H,2,11H2,1H3,(H,19,24). The van der Waals surface area contributed by atoms with Crippen LogP contribution in [-0.4, -0.2) is 26.1 Å². The largest absolute Gasteiger partial charge is 0.348 e. The molecule has 3 aromatic rings. The highest BCUT2D eigenvalue weighted by Gasteiger charge is 2.11. The molecule has 0 saturated carbocycles. The third kappa shape index (κ3) is 3.60. The molecule has 0 unspecified atom stereocenters. The van der Waals surface area contributed by atoms with Crippen molar-refractivity contribution >= 4 is 17.5 Å². The van der Waals surface area contributed by atoms with E-state index in [4.69, 9.17) is 11.6 Å². The van der Waals surface area contributed by atoms with Crippen LogP contribution >= 0.6 is 11.6 Å². The van der Waals surface area contributed by atoms with Crippen LogP contribution in [-0.2, 0) is 13.1 Å². The summed E-state index contributed by atoms with van der Waals surface area (Å²) in [6.45, 7) is 3.03. The van der Waals surface area contributed by atoms with E-state index >= 15 is 0 Å². The zero-order valence-electron chi connectivity index (χ0n) is 13.1. The number of carbonyl (C=O) groups is 1. The van der Waals surface area contributed by atoms with E-state index < -0.39 is 0 Å². The van der Waals surface area contributed by atoms with E-state index in [1.54, 1.807) is 22.9 Å². The summed E-state index contributed by atoms with van der Waals surface area (Å²) in [5.41, 5.74) is 2.30. The van der Waals surface area contributed by atoms with Crippen LogP contribution in [0.25, 0.3) is 11.4 Å². The zero-order valence-corrected chi connectivity index (χ0v) is 13.9. The van der Waals surface area contributed by atoms with Crippen LogP contribution < -0.4 is 5.32 Å². The van der Waals surface area contributed by atoms with Crippen LogP contribution in [0.1, 0.15) is 22.8 Å². The molecule has 0 bridgehead atoms. The molecule has 7 heteroatoms. The summed E-state index contributed by atoms with van der Waals surface area (Å²) < 4.78 is 1.68. The Morgan fingerprint density at radius 3 is 2.83 bits per heavy atom. The van der Waals surface area contributed by atoms with E-state index in [0.717, 1.165) is 11.1 Å². The number of tetrazole rings is 1. The molecule has 3 rings (SSSR count). The second-order valence-electron chi connectivity index (χ2n) is 5.21. The Balaban J connectivity index is 1.75. The highest BCUT2D eigenvalue weighted by molar-refractivity contribution is 6.30. The van der Waals surface area contributed by atoms with Gasteiger partial charge in [-0.05, 0) is 47.2 Å². The molecule has 0 aliphatic rings. The highest BCUT2D eigenvalue weighted by atomic mass is 35.5. The minimum atomic E-state index is -0.160. The number of hydrogen-bond acceptors (Lipinski definition) is 4. The quantitative estimate of drug-likeness (QED) is 0.774. The van der Waals surface area contributed by atoms with Gasteiger partial charge in [-0.3, -0.25) is 4.79 Å². The first kappa shape index (κ1) is 16.1. The molecule has 0 aliphatic heterocycles. The van der Waals surface area contributed by atoms with Crippen molar-refractivity contribution in [2.75, 3.05) is 0 Å². The summed E-state index contributed by atoms with van der Waals surface area (Å²) >= 11 is 5.95. The van der Waals surface area contributed by atoms with Gasteiger partial charge in [0.2, 0.25) is 0 Å². The number of nitrogens with zero attached hydrogens (tertiary/aromatic N) is 4. The van der Waals surface area contributed by atoms with E-state index in [1.807, 2.05) is 37.3 Å². The van der Waals surface area contributed by atoms with Crippen molar-refractivity contribution in [1.82, 2.24) is 25.5 Å². The van der Waals surface area contributed by atoms with Gasteiger partial charge in [0.1, 0.15) is 0 Å². The Morgan fingerprint density at radius 1 is 1.21 bits per heavy atom. The Hall–Kier alpha value is -2.73. The molecule has 0 radical (unpaired) electrons. The first-order valence-corrected chi connectivity index (χ1v) is 7.94. The first-order chi connectivity index (χ1) is 11.7. The molecule has 0 aliphatic carbocycles. The third-order valence-electron chi connectivity index (χ3n) is 3.56. The predicted octanol–water partition coefficient (Wildman–Crippen LogP) is 2.94. The molecule has 1 amide bonds. The maximum atomic E-state index is 12.4. The van der Waals surface area contributed by atoms with Crippen molar-refractivity contribution < 1.29 is 4.79 Å². The molecular formula is C17H16ClN5O. The van der Waals surface area contributed by atoms with Gasteiger partial charge in [0.25, 0.3) is 5.91 Å². The molecule has 2 aromatic carbocycles. The SMILES string of the molecule is CCn1nnnc1-c1cccc(C(=O)NCc2cccc(Cl)c2)c1. The van der Waals surface area contributed by atoms with Crippen LogP contribution in [0.15, 0.2) is 48.5 Å². The van der Waals surface area contributed by atoms with E-state index in [-0.39, 0.29) is 5.91 Å². The van der Waals surface area contributed by atoms with Gasteiger partial charge in [0, 0.05) is 29.2 Å². The van der Waals surface area contributed by atoms with Crippen LogP contribution in [0, 0.1) is 0 Å². The topological polar surface area (TPSA) is 72.7 Å². The summed E-state index contributed by atoms with van der Waals surface area (Å²) in [4.78, 5) is 12.4. The molecule has 0 saturated heterocycles. The second-order valence-corrected chi connectivity index (χ2v) is 5.65. The highest BCUT2D eigenvalue weighted by Crippen LogP contribution is 2.17. The van der Waals surface area contributed by atoms with Crippen molar-refractivity contribution in [1.29, 1.82) is 0 Å². The number of aryl methyl sites for hydroxylation is 1. The van der Waals surface area contributed by atoms with Crippen molar-refractivity contribution in [3.05, 3.63) is 64.7 Å². The lowest BCUT2D eigenvalue weighted by atomic mass is 10.1. The Bertz CT molecular complexity index is 861. The fourth-order valence-electron chi connectivity index (χ4n) is 2.36. The molecule has 0 atom stereocenters. The molecule has 6 nitrogen and oxygen atoms in total. The minimum Gasteiger partial charge on any atom is -0.348 e. The maximum absolute atomic E-state index is 12.4. The lowest BCUT2D eigenvalue weighted by molar-refractivity contribution is 0.0951. The molecule has 0 fully saturated rings. The lowest BCUT2D eigenvalue weighted by Gasteiger charge is -2.07. The van der Waals surface area contributed by atoms with Gasteiger partial charge in [-0.25, -0.2) is 4.68 Å². The number of rotatable bonds is 5. The smallest absolute Gasteiger partial charge is 0.251 e. The van der Waals surface area contributed by atoms with Gasteiger partial charge >= 0.3 is 0 Å². The molecule has 122 valence electrons. The van der Waals surface area contributed by atoms with Gasteiger partial charge < -0.3 is 5.32 Å². The fourth-order valence-corrected chi connectivity index (χ4v) is 2.57. The number of carbonyl (C=O) groups excluding carboxylic acids is 1.